The molecule has 0 saturated heterocycles. The van der Waals surface area contributed by atoms with Crippen LogP contribution in [0, 0.1) is 12.8 Å². The molecule has 2 aromatic heterocycles. The Kier molecular flexibility index (Phi) is 4.30. The van der Waals surface area contributed by atoms with Gasteiger partial charge in [-0.1, -0.05) is 31.7 Å². The number of aromatic nitrogens is 2. The highest BCUT2D eigenvalue weighted by molar-refractivity contribution is 5.79. The summed E-state index contributed by atoms with van der Waals surface area (Å²) in [6, 6.07) is 4.57. The third-order valence-electron chi connectivity index (χ3n) is 5.69. The normalized spacial score (nSPS) is 22.1. The summed E-state index contributed by atoms with van der Waals surface area (Å²) >= 11 is 0. The molecule has 1 saturated carbocycles. The van der Waals surface area contributed by atoms with Gasteiger partial charge in [0, 0.05) is 30.3 Å². The summed E-state index contributed by atoms with van der Waals surface area (Å²) in [6.45, 7) is 2.10. The van der Waals surface area contributed by atoms with E-state index in [2.05, 4.69) is 35.0 Å². The third kappa shape index (κ3) is 3.06. The summed E-state index contributed by atoms with van der Waals surface area (Å²) in [5.41, 5.74) is 4.66. The zero-order valence-electron chi connectivity index (χ0n) is 14.6. The van der Waals surface area contributed by atoms with Crippen molar-refractivity contribution in [3.63, 3.8) is 0 Å². The molecule has 2 heterocycles. The lowest BCUT2D eigenvalue weighted by Gasteiger charge is -2.24. The first-order valence-corrected chi connectivity index (χ1v) is 9.47. The predicted octanol–water partition coefficient (Wildman–Crippen LogP) is 3.59. The Morgan fingerprint density at radius 1 is 1.17 bits per heavy atom. The van der Waals surface area contributed by atoms with Crippen LogP contribution in [0.4, 0.5) is 0 Å². The van der Waals surface area contributed by atoms with Crippen LogP contribution in [0.25, 0.3) is 5.65 Å². The summed E-state index contributed by atoms with van der Waals surface area (Å²) in [7, 11) is 0. The Hall–Kier alpha value is -1.84. The minimum Gasteiger partial charge on any atom is -0.353 e. The molecular formula is C20H27N3O. The van der Waals surface area contributed by atoms with Crippen molar-refractivity contribution in [2.45, 2.75) is 70.8 Å². The molecule has 2 aliphatic rings. The predicted molar refractivity (Wildman–Crippen MR) is 95.1 cm³/mol. The largest absolute Gasteiger partial charge is 0.353 e. The molecule has 0 spiro atoms. The summed E-state index contributed by atoms with van der Waals surface area (Å²) in [6.07, 6.45) is 12.3. The molecule has 0 aromatic carbocycles. The average molecular weight is 325 g/mol. The van der Waals surface area contributed by atoms with Crippen molar-refractivity contribution in [2.75, 3.05) is 0 Å². The summed E-state index contributed by atoms with van der Waals surface area (Å²) < 4.78 is 2.19. The van der Waals surface area contributed by atoms with Crippen LogP contribution >= 0.6 is 0 Å². The number of nitrogens with one attached hydrogen (secondary N) is 1. The van der Waals surface area contributed by atoms with E-state index in [1.165, 1.54) is 42.6 Å². The highest BCUT2D eigenvalue weighted by Crippen LogP contribution is 2.27. The number of rotatable bonds is 2. The number of hydrogen-bond acceptors (Lipinski definition) is 2. The second kappa shape index (κ2) is 6.58. The number of amides is 1. The lowest BCUT2D eigenvalue weighted by Crippen LogP contribution is -2.40. The Balaban J connectivity index is 1.49. The fourth-order valence-electron chi connectivity index (χ4n) is 4.28. The van der Waals surface area contributed by atoms with Gasteiger partial charge in [-0.2, -0.15) is 0 Å². The molecule has 1 unspecified atom stereocenters. The van der Waals surface area contributed by atoms with E-state index in [0.717, 1.165) is 37.8 Å². The Bertz CT molecular complexity index is 741. The van der Waals surface area contributed by atoms with E-state index >= 15 is 0 Å². The summed E-state index contributed by atoms with van der Waals surface area (Å²) in [5.74, 6) is 0.358. The Morgan fingerprint density at radius 3 is 2.75 bits per heavy atom. The number of imidazole rings is 1. The van der Waals surface area contributed by atoms with Gasteiger partial charge in [0.2, 0.25) is 5.91 Å². The molecule has 128 valence electrons. The van der Waals surface area contributed by atoms with E-state index < -0.39 is 0 Å². The molecule has 2 aliphatic carbocycles. The first-order valence-electron chi connectivity index (χ1n) is 9.47. The highest BCUT2D eigenvalue weighted by Gasteiger charge is 2.29. The van der Waals surface area contributed by atoms with E-state index in [1.54, 1.807) is 0 Å². The van der Waals surface area contributed by atoms with Crippen LogP contribution in [-0.4, -0.2) is 21.3 Å². The fraction of sp³-hybridized carbons (Fsp3) is 0.600. The van der Waals surface area contributed by atoms with Crippen LogP contribution in [0.3, 0.4) is 0 Å². The maximum atomic E-state index is 12.8. The minimum atomic E-state index is 0.0983. The van der Waals surface area contributed by atoms with E-state index in [0.29, 0.717) is 6.04 Å². The number of carbonyl (C=O) groups excluding carboxylic acids is 1. The van der Waals surface area contributed by atoms with E-state index in [9.17, 15) is 4.79 Å². The number of aryl methyl sites for hydroxylation is 2. The first kappa shape index (κ1) is 15.7. The standard InChI is InChI=1S/C20H27N3O/c1-14-8-11-19-22-17-10-9-15(12-18(17)23(19)13-14)20(24)21-16-6-4-2-3-5-7-16/h8,11,13,15-16H,2-7,9-10,12H2,1H3,(H,21,24). The fourth-order valence-corrected chi connectivity index (χ4v) is 4.28. The number of nitrogens with zero attached hydrogens (tertiary/aromatic N) is 2. The second-order valence-electron chi connectivity index (χ2n) is 7.58. The van der Waals surface area contributed by atoms with Crippen LogP contribution in [0.2, 0.25) is 0 Å². The van der Waals surface area contributed by atoms with E-state index in [4.69, 9.17) is 4.98 Å². The van der Waals surface area contributed by atoms with Crippen LogP contribution < -0.4 is 5.32 Å². The maximum Gasteiger partial charge on any atom is 0.223 e. The molecule has 0 aliphatic heterocycles. The topological polar surface area (TPSA) is 46.4 Å². The smallest absolute Gasteiger partial charge is 0.223 e. The molecule has 4 heteroatoms. The van der Waals surface area contributed by atoms with Gasteiger partial charge in [0.1, 0.15) is 5.65 Å². The molecular weight excluding hydrogens is 298 g/mol. The highest BCUT2D eigenvalue weighted by atomic mass is 16.1. The lowest BCUT2D eigenvalue weighted by atomic mass is 9.88. The monoisotopic (exact) mass is 325 g/mol. The van der Waals surface area contributed by atoms with Gasteiger partial charge in [0.05, 0.1) is 5.69 Å². The SMILES string of the molecule is Cc1ccc2nc3c(n2c1)CC(C(=O)NC1CCCCCC1)CC3. The number of pyridine rings is 1. The molecule has 2 aromatic rings. The van der Waals surface area contributed by atoms with Crippen molar-refractivity contribution in [3.8, 4) is 0 Å². The number of carbonyl (C=O) groups is 1. The van der Waals surface area contributed by atoms with Gasteiger partial charge in [0.25, 0.3) is 0 Å². The van der Waals surface area contributed by atoms with Gasteiger partial charge in [-0.05, 0) is 44.2 Å². The van der Waals surface area contributed by atoms with Gasteiger partial charge in [0.15, 0.2) is 0 Å². The zero-order valence-corrected chi connectivity index (χ0v) is 14.6. The van der Waals surface area contributed by atoms with Gasteiger partial charge >= 0.3 is 0 Å². The van der Waals surface area contributed by atoms with Crippen LogP contribution in [0.1, 0.15) is 61.9 Å². The minimum absolute atomic E-state index is 0.0983. The van der Waals surface area contributed by atoms with Crippen LogP contribution in [0.5, 0.6) is 0 Å². The van der Waals surface area contributed by atoms with Crippen molar-refractivity contribution in [1.82, 2.24) is 14.7 Å². The molecule has 24 heavy (non-hydrogen) atoms. The van der Waals surface area contributed by atoms with Crippen molar-refractivity contribution >= 4 is 11.6 Å². The van der Waals surface area contributed by atoms with Gasteiger partial charge in [-0.25, -0.2) is 4.98 Å². The van der Waals surface area contributed by atoms with Crippen molar-refractivity contribution in [2.24, 2.45) is 5.92 Å². The van der Waals surface area contributed by atoms with Gasteiger partial charge < -0.3 is 9.72 Å². The Labute approximate surface area is 143 Å². The van der Waals surface area contributed by atoms with Crippen LogP contribution in [0.15, 0.2) is 18.3 Å². The molecule has 0 radical (unpaired) electrons. The zero-order chi connectivity index (χ0) is 16.5. The molecule has 4 nitrogen and oxygen atoms in total. The second-order valence-corrected chi connectivity index (χ2v) is 7.58. The number of hydrogen-bond donors (Lipinski definition) is 1. The van der Waals surface area contributed by atoms with E-state index in [1.807, 2.05) is 0 Å². The summed E-state index contributed by atoms with van der Waals surface area (Å²) in [4.78, 5) is 17.5. The third-order valence-corrected chi connectivity index (χ3v) is 5.69. The van der Waals surface area contributed by atoms with Crippen molar-refractivity contribution in [1.29, 1.82) is 0 Å². The van der Waals surface area contributed by atoms with Gasteiger partial charge in [-0.3, -0.25) is 4.79 Å². The van der Waals surface area contributed by atoms with Crippen molar-refractivity contribution in [3.05, 3.63) is 35.3 Å². The van der Waals surface area contributed by atoms with Gasteiger partial charge in [-0.15, -0.1) is 0 Å². The quantitative estimate of drug-likeness (QED) is 0.858. The summed E-state index contributed by atoms with van der Waals surface area (Å²) in [5, 5.41) is 3.34. The molecule has 1 fully saturated rings. The molecule has 1 amide bonds. The molecule has 0 bridgehead atoms. The maximum absolute atomic E-state index is 12.8. The molecule has 1 N–H and O–H groups in total. The average Bonchev–Trinajstić information content (AvgIpc) is 2.75. The Morgan fingerprint density at radius 2 is 1.96 bits per heavy atom. The lowest BCUT2D eigenvalue weighted by molar-refractivity contribution is -0.126. The molecule has 4 rings (SSSR count). The molecule has 1 atom stereocenters. The van der Waals surface area contributed by atoms with E-state index in [-0.39, 0.29) is 11.8 Å². The number of fused-ring (bicyclic) bond motifs is 3. The first-order chi connectivity index (χ1) is 11.7. The van der Waals surface area contributed by atoms with Crippen molar-refractivity contribution < 1.29 is 4.79 Å². The van der Waals surface area contributed by atoms with Crippen LogP contribution in [-0.2, 0) is 17.6 Å².